The van der Waals surface area contributed by atoms with Crippen LogP contribution in [0.3, 0.4) is 0 Å². The van der Waals surface area contributed by atoms with E-state index in [-0.39, 0.29) is 24.4 Å². The molecule has 0 amide bonds. The molecule has 7 nitrogen and oxygen atoms in total. The first-order valence-corrected chi connectivity index (χ1v) is 12.1. The summed E-state index contributed by atoms with van der Waals surface area (Å²) in [7, 11) is 0. The Morgan fingerprint density at radius 2 is 1.92 bits per heavy atom. The molecular weight excluding hydrogens is 456 g/mol. The minimum Gasteiger partial charge on any atom is -0.458 e. The second-order valence-corrected chi connectivity index (χ2v) is 9.37. The van der Waals surface area contributed by atoms with Crippen molar-refractivity contribution in [2.45, 2.75) is 44.9 Å². The summed E-state index contributed by atoms with van der Waals surface area (Å²) in [5.41, 5.74) is 3.11. The molecule has 7 heteroatoms. The van der Waals surface area contributed by atoms with Gasteiger partial charge in [-0.05, 0) is 36.6 Å². The summed E-state index contributed by atoms with van der Waals surface area (Å²) in [6, 6.07) is 18.9. The minimum absolute atomic E-state index is 0.0893. The van der Waals surface area contributed by atoms with E-state index < -0.39 is 11.6 Å². The highest BCUT2D eigenvalue weighted by atomic mass is 16.6. The molecule has 2 aromatic heterocycles. The molecule has 0 bridgehead atoms. The number of hydrogen-bond acceptors (Lipinski definition) is 6. The summed E-state index contributed by atoms with van der Waals surface area (Å²) >= 11 is 0. The van der Waals surface area contributed by atoms with Gasteiger partial charge >= 0.3 is 5.97 Å². The molecule has 4 aromatic rings. The number of carbonyl (C=O) groups is 2. The molecule has 2 aromatic carbocycles. The topological polar surface area (TPSA) is 98.5 Å². The zero-order valence-corrected chi connectivity index (χ0v) is 19.8. The van der Waals surface area contributed by atoms with E-state index in [9.17, 15) is 19.5 Å². The van der Waals surface area contributed by atoms with E-state index in [1.54, 1.807) is 17.6 Å². The molecule has 0 saturated heterocycles. The van der Waals surface area contributed by atoms with Crippen molar-refractivity contribution in [1.29, 1.82) is 0 Å². The van der Waals surface area contributed by atoms with Crippen LogP contribution in [-0.2, 0) is 34.7 Å². The second kappa shape index (κ2) is 8.24. The molecule has 4 heterocycles. The first kappa shape index (κ1) is 22.4. The lowest BCUT2D eigenvalue weighted by Crippen LogP contribution is -2.44. The molecule has 6 rings (SSSR count). The number of pyridine rings is 2. The predicted octanol–water partition coefficient (Wildman–Crippen LogP) is 3.90. The van der Waals surface area contributed by atoms with Gasteiger partial charge < -0.3 is 14.4 Å². The Kier molecular flexibility index (Phi) is 5.12. The Hall–Kier alpha value is -4.10. The number of carbonyl (C=O) groups excluding carboxylic acids is 2. The second-order valence-electron chi connectivity index (χ2n) is 9.37. The van der Waals surface area contributed by atoms with Gasteiger partial charge in [0.15, 0.2) is 11.4 Å². The zero-order valence-electron chi connectivity index (χ0n) is 19.8. The van der Waals surface area contributed by atoms with E-state index >= 15 is 0 Å². The molecule has 1 atom stereocenters. The lowest BCUT2D eigenvalue weighted by molar-refractivity contribution is -0.172. The Balaban J connectivity index is 1.40. The molecular formula is C29H24N2O5. The number of cyclic esters (lactones) is 1. The maximum Gasteiger partial charge on any atom is 0.343 e. The molecule has 36 heavy (non-hydrogen) atoms. The third-order valence-corrected chi connectivity index (χ3v) is 7.36. The van der Waals surface area contributed by atoms with E-state index in [1.165, 1.54) is 0 Å². The number of hydrogen-bond donors (Lipinski definition) is 1. The maximum atomic E-state index is 13.4. The third kappa shape index (κ3) is 3.31. The number of benzene rings is 2. The van der Waals surface area contributed by atoms with Crippen LogP contribution in [0.15, 0.2) is 65.5 Å². The van der Waals surface area contributed by atoms with Crippen molar-refractivity contribution in [1.82, 2.24) is 9.55 Å². The largest absolute Gasteiger partial charge is 0.458 e. The fourth-order valence-corrected chi connectivity index (χ4v) is 5.30. The van der Waals surface area contributed by atoms with E-state index in [2.05, 4.69) is 0 Å². The number of aryl methyl sites for hydroxylation is 1. The van der Waals surface area contributed by atoms with E-state index in [0.29, 0.717) is 47.5 Å². The van der Waals surface area contributed by atoms with Gasteiger partial charge in [0.25, 0.3) is 5.56 Å². The average molecular weight is 481 g/mol. The SMILES string of the molecule is CC[C@@]1(O)C(=O)OCc2c1cc1n(c2=O)Cc2cc3c(CCC(=O)c4ccccc4)cccc3nc2-1. The quantitative estimate of drug-likeness (QED) is 0.303. The monoisotopic (exact) mass is 480 g/mol. The summed E-state index contributed by atoms with van der Waals surface area (Å²) < 4.78 is 6.77. The van der Waals surface area contributed by atoms with Crippen molar-refractivity contribution in [3.8, 4) is 11.4 Å². The molecule has 0 fully saturated rings. The van der Waals surface area contributed by atoms with Gasteiger partial charge in [-0.2, -0.15) is 0 Å². The summed E-state index contributed by atoms with van der Waals surface area (Å²) in [5.74, 6) is -0.646. The zero-order chi connectivity index (χ0) is 25.0. The van der Waals surface area contributed by atoms with Crippen LogP contribution in [0.4, 0.5) is 0 Å². The lowest BCUT2D eigenvalue weighted by Gasteiger charge is -2.31. The number of Topliss-reactive ketones (excluding diaryl/α,β-unsaturated/α-hetero) is 1. The summed E-state index contributed by atoms with van der Waals surface area (Å²) in [5, 5.41) is 12.0. The number of rotatable bonds is 5. The number of fused-ring (bicyclic) bond motifs is 5. The summed E-state index contributed by atoms with van der Waals surface area (Å²) in [6.45, 7) is 1.88. The van der Waals surface area contributed by atoms with Gasteiger partial charge in [0.2, 0.25) is 0 Å². The van der Waals surface area contributed by atoms with Gasteiger partial charge in [0, 0.05) is 28.5 Å². The van der Waals surface area contributed by atoms with Gasteiger partial charge in [0.1, 0.15) is 6.61 Å². The minimum atomic E-state index is -1.85. The molecule has 0 saturated carbocycles. The van der Waals surface area contributed by atoms with E-state index in [4.69, 9.17) is 9.72 Å². The van der Waals surface area contributed by atoms with Gasteiger partial charge in [-0.1, -0.05) is 49.4 Å². The fourth-order valence-electron chi connectivity index (χ4n) is 5.30. The Morgan fingerprint density at radius 1 is 1.11 bits per heavy atom. The molecule has 0 unspecified atom stereocenters. The average Bonchev–Trinajstić information content (AvgIpc) is 3.27. The predicted molar refractivity (Wildman–Crippen MR) is 134 cm³/mol. The van der Waals surface area contributed by atoms with Crippen LogP contribution < -0.4 is 5.56 Å². The van der Waals surface area contributed by atoms with Crippen LogP contribution >= 0.6 is 0 Å². The fraction of sp³-hybridized carbons (Fsp3) is 0.241. The third-order valence-electron chi connectivity index (χ3n) is 7.36. The lowest BCUT2D eigenvalue weighted by atomic mass is 9.86. The molecule has 2 aliphatic heterocycles. The maximum absolute atomic E-state index is 13.4. The first-order chi connectivity index (χ1) is 17.4. The Morgan fingerprint density at radius 3 is 2.69 bits per heavy atom. The van der Waals surface area contributed by atoms with Crippen molar-refractivity contribution < 1.29 is 19.4 Å². The summed E-state index contributed by atoms with van der Waals surface area (Å²) in [6.07, 6.45) is 1.07. The molecule has 0 aliphatic carbocycles. The van der Waals surface area contributed by atoms with Gasteiger partial charge in [-0.15, -0.1) is 0 Å². The smallest absolute Gasteiger partial charge is 0.343 e. The van der Waals surface area contributed by atoms with Crippen molar-refractivity contribution in [2.75, 3.05) is 0 Å². The molecule has 0 radical (unpaired) electrons. The van der Waals surface area contributed by atoms with Crippen LogP contribution in [0.1, 0.15) is 52.4 Å². The van der Waals surface area contributed by atoms with Crippen molar-refractivity contribution >= 4 is 22.7 Å². The van der Waals surface area contributed by atoms with Crippen molar-refractivity contribution in [3.05, 3.63) is 98.8 Å². The van der Waals surface area contributed by atoms with Gasteiger partial charge in [-0.25, -0.2) is 9.78 Å². The number of aliphatic hydroxyl groups is 1. The van der Waals surface area contributed by atoms with Crippen LogP contribution in [-0.4, -0.2) is 26.4 Å². The van der Waals surface area contributed by atoms with Crippen LogP contribution in [0.25, 0.3) is 22.3 Å². The number of esters is 1. The highest BCUT2D eigenvalue weighted by Crippen LogP contribution is 2.39. The first-order valence-electron chi connectivity index (χ1n) is 12.1. The number of ketones is 1. The Labute approximate surface area is 207 Å². The number of nitrogens with zero attached hydrogens (tertiary/aromatic N) is 2. The highest BCUT2D eigenvalue weighted by Gasteiger charge is 2.45. The van der Waals surface area contributed by atoms with Gasteiger partial charge in [0.05, 0.1) is 29.0 Å². The number of ether oxygens (including phenoxy) is 1. The Bertz CT molecular complexity index is 1620. The van der Waals surface area contributed by atoms with Crippen molar-refractivity contribution in [3.63, 3.8) is 0 Å². The molecule has 2 aliphatic rings. The molecule has 0 spiro atoms. The normalized spacial score (nSPS) is 17.9. The molecule has 180 valence electrons. The van der Waals surface area contributed by atoms with Crippen molar-refractivity contribution in [2.24, 2.45) is 0 Å². The van der Waals surface area contributed by atoms with Crippen LogP contribution in [0, 0.1) is 0 Å². The highest BCUT2D eigenvalue weighted by molar-refractivity contribution is 5.96. The van der Waals surface area contributed by atoms with Crippen LogP contribution in [0.2, 0.25) is 0 Å². The van der Waals surface area contributed by atoms with Gasteiger partial charge in [-0.3, -0.25) is 9.59 Å². The number of aromatic nitrogens is 2. The van der Waals surface area contributed by atoms with E-state index in [1.807, 2.05) is 54.6 Å². The molecule has 1 N–H and O–H groups in total. The van der Waals surface area contributed by atoms with Crippen LogP contribution in [0.5, 0.6) is 0 Å². The van der Waals surface area contributed by atoms with E-state index in [0.717, 1.165) is 22.0 Å². The standard InChI is InChI=1S/C29H24N2O5/c1-2-29(35)22-14-24-26-19(15-31(24)27(33)21(22)16-36-28(29)34)13-20-17(9-6-10-23(20)30-26)11-12-25(32)18-7-4-3-5-8-18/h3-10,13-14,35H,2,11-12,15-16H2,1H3/t29-/m0/s1. The summed E-state index contributed by atoms with van der Waals surface area (Å²) in [4.78, 5) is 43.2.